The second kappa shape index (κ2) is 4.70. The number of para-hydroxylation sites is 1. The lowest BCUT2D eigenvalue weighted by Gasteiger charge is -2.00. The van der Waals surface area contributed by atoms with Crippen molar-refractivity contribution >= 4 is 27.3 Å². The number of aromatic nitrogens is 1. The number of fused-ring (bicyclic) bond motifs is 1. The summed E-state index contributed by atoms with van der Waals surface area (Å²) in [6.45, 7) is 0. The molecule has 0 saturated heterocycles. The third-order valence-electron chi connectivity index (χ3n) is 2.79. The van der Waals surface area contributed by atoms with Gasteiger partial charge < -0.3 is 5.41 Å². The van der Waals surface area contributed by atoms with Gasteiger partial charge in [0.2, 0.25) is 0 Å². The van der Waals surface area contributed by atoms with Crippen molar-refractivity contribution in [1.82, 2.24) is 4.98 Å². The van der Waals surface area contributed by atoms with Crippen LogP contribution in [-0.4, -0.2) is 10.7 Å². The lowest BCUT2D eigenvalue weighted by molar-refractivity contribution is 1.23. The Morgan fingerprint density at radius 1 is 1.00 bits per heavy atom. The van der Waals surface area contributed by atoms with Crippen molar-refractivity contribution in [3.05, 3.63) is 65.2 Å². The highest BCUT2D eigenvalue weighted by Gasteiger charge is 2.07. The van der Waals surface area contributed by atoms with Gasteiger partial charge in [0, 0.05) is 12.1 Å². The van der Waals surface area contributed by atoms with Crippen LogP contribution in [0.1, 0.15) is 10.6 Å². The number of hydrogen-bond donors (Lipinski definition) is 1. The average molecular weight is 252 g/mol. The van der Waals surface area contributed by atoms with E-state index in [1.165, 1.54) is 4.70 Å². The van der Waals surface area contributed by atoms with Crippen molar-refractivity contribution in [2.75, 3.05) is 0 Å². The number of nitrogens with zero attached hydrogens (tertiary/aromatic N) is 1. The maximum atomic E-state index is 8.11. The topological polar surface area (TPSA) is 36.7 Å². The summed E-state index contributed by atoms with van der Waals surface area (Å²) in [5, 5.41) is 9.11. The van der Waals surface area contributed by atoms with Gasteiger partial charge in [-0.3, -0.25) is 0 Å². The number of benzene rings is 2. The summed E-state index contributed by atoms with van der Waals surface area (Å²) in [6, 6.07) is 17.9. The van der Waals surface area contributed by atoms with Crippen LogP contribution in [0.15, 0.2) is 54.6 Å². The van der Waals surface area contributed by atoms with Crippen molar-refractivity contribution < 1.29 is 0 Å². The Hall–Kier alpha value is -2.00. The van der Waals surface area contributed by atoms with Gasteiger partial charge in [-0.25, -0.2) is 4.98 Å². The third kappa shape index (κ3) is 2.17. The first-order valence-electron chi connectivity index (χ1n) is 5.80. The van der Waals surface area contributed by atoms with Gasteiger partial charge in [-0.15, -0.1) is 11.3 Å². The highest BCUT2D eigenvalue weighted by atomic mass is 32.1. The summed E-state index contributed by atoms with van der Waals surface area (Å²) < 4.78 is 1.19. The second-order valence-electron chi connectivity index (χ2n) is 4.10. The molecule has 0 amide bonds. The molecule has 0 bridgehead atoms. The van der Waals surface area contributed by atoms with E-state index in [2.05, 4.69) is 11.1 Å². The van der Waals surface area contributed by atoms with Crippen molar-refractivity contribution in [2.24, 2.45) is 0 Å². The maximum Gasteiger partial charge on any atom is 0.0998 e. The van der Waals surface area contributed by atoms with Crippen molar-refractivity contribution in [2.45, 2.75) is 6.42 Å². The van der Waals surface area contributed by atoms with Crippen LogP contribution in [0.4, 0.5) is 0 Å². The Labute approximate surface area is 109 Å². The van der Waals surface area contributed by atoms with E-state index in [9.17, 15) is 0 Å². The zero-order valence-electron chi connectivity index (χ0n) is 9.76. The van der Waals surface area contributed by atoms with E-state index in [1.807, 2.05) is 48.5 Å². The summed E-state index contributed by atoms with van der Waals surface area (Å²) in [6.07, 6.45) is 0.601. The highest BCUT2D eigenvalue weighted by Crippen LogP contribution is 2.22. The molecule has 0 aliphatic rings. The van der Waals surface area contributed by atoms with Gasteiger partial charge in [-0.1, -0.05) is 42.5 Å². The predicted octanol–water partition coefficient (Wildman–Crippen LogP) is 3.91. The summed E-state index contributed by atoms with van der Waals surface area (Å²) >= 11 is 1.67. The fourth-order valence-corrected chi connectivity index (χ4v) is 2.87. The van der Waals surface area contributed by atoms with E-state index >= 15 is 0 Å². The molecule has 0 aliphatic carbocycles. The molecule has 2 aromatic carbocycles. The molecule has 1 heterocycles. The van der Waals surface area contributed by atoms with E-state index in [1.54, 1.807) is 11.3 Å². The number of hydrogen-bond acceptors (Lipinski definition) is 3. The molecule has 0 radical (unpaired) electrons. The average Bonchev–Trinajstić information content (AvgIpc) is 2.82. The van der Waals surface area contributed by atoms with Crippen molar-refractivity contribution in [1.29, 1.82) is 5.41 Å². The monoisotopic (exact) mass is 252 g/mol. The Kier molecular flexibility index (Phi) is 2.90. The first kappa shape index (κ1) is 11.1. The van der Waals surface area contributed by atoms with Gasteiger partial charge in [-0.2, -0.15) is 0 Å². The Morgan fingerprint density at radius 3 is 2.50 bits per heavy atom. The molecule has 1 aromatic heterocycles. The first-order valence-corrected chi connectivity index (χ1v) is 6.62. The zero-order chi connectivity index (χ0) is 12.4. The Morgan fingerprint density at radius 2 is 1.72 bits per heavy atom. The lowest BCUT2D eigenvalue weighted by atomic mass is 10.1. The van der Waals surface area contributed by atoms with Crippen molar-refractivity contribution in [3.63, 3.8) is 0 Å². The summed E-state index contributed by atoms with van der Waals surface area (Å²) in [4.78, 5) is 4.56. The van der Waals surface area contributed by atoms with Gasteiger partial charge in [-0.05, 0) is 17.7 Å². The van der Waals surface area contributed by atoms with E-state index in [0.29, 0.717) is 12.1 Å². The molecule has 0 atom stereocenters. The van der Waals surface area contributed by atoms with Gasteiger partial charge in [0.1, 0.15) is 0 Å². The quantitative estimate of drug-likeness (QED) is 0.705. The summed E-state index contributed by atoms with van der Waals surface area (Å²) in [5.41, 5.74) is 2.62. The predicted molar refractivity (Wildman–Crippen MR) is 76.6 cm³/mol. The van der Waals surface area contributed by atoms with Crippen LogP contribution in [0.3, 0.4) is 0 Å². The molecule has 0 spiro atoms. The van der Waals surface area contributed by atoms with Crippen LogP contribution in [0.5, 0.6) is 0 Å². The molecule has 0 unspecified atom stereocenters. The molecule has 18 heavy (non-hydrogen) atoms. The molecule has 0 saturated carbocycles. The first-order chi connectivity index (χ1) is 8.83. The molecule has 88 valence electrons. The van der Waals surface area contributed by atoms with E-state index in [4.69, 9.17) is 5.41 Å². The molecule has 3 rings (SSSR count). The van der Waals surface area contributed by atoms with Crippen LogP contribution in [0.25, 0.3) is 10.2 Å². The normalized spacial score (nSPS) is 10.7. The summed E-state index contributed by atoms with van der Waals surface area (Å²) in [7, 11) is 0. The minimum absolute atomic E-state index is 0.601. The lowest BCUT2D eigenvalue weighted by Crippen LogP contribution is -2.02. The maximum absolute atomic E-state index is 8.11. The molecule has 1 N–H and O–H groups in total. The SMILES string of the molecule is N=C(Cc1nc2ccccc2s1)c1ccccc1. The van der Waals surface area contributed by atoms with E-state index in [-0.39, 0.29) is 0 Å². The third-order valence-corrected chi connectivity index (χ3v) is 3.82. The largest absolute Gasteiger partial charge is 0.304 e. The zero-order valence-corrected chi connectivity index (χ0v) is 10.6. The van der Waals surface area contributed by atoms with E-state index < -0.39 is 0 Å². The summed E-state index contributed by atoms with van der Waals surface area (Å²) in [5.74, 6) is 0. The van der Waals surface area contributed by atoms with Crippen molar-refractivity contribution in [3.8, 4) is 0 Å². The van der Waals surface area contributed by atoms with Crippen LogP contribution in [0, 0.1) is 5.41 Å². The van der Waals surface area contributed by atoms with Gasteiger partial charge >= 0.3 is 0 Å². The molecule has 0 aliphatic heterocycles. The molecular formula is C15H12N2S. The van der Waals surface area contributed by atoms with E-state index in [0.717, 1.165) is 16.1 Å². The van der Waals surface area contributed by atoms with Gasteiger partial charge in [0.05, 0.1) is 15.2 Å². The van der Waals surface area contributed by atoms with Crippen LogP contribution < -0.4 is 0 Å². The standard InChI is InChI=1S/C15H12N2S/c16-12(11-6-2-1-3-7-11)10-15-17-13-8-4-5-9-14(13)18-15/h1-9,16H,10H2. The molecule has 2 nitrogen and oxygen atoms in total. The Bertz CT molecular complexity index is 653. The van der Waals surface area contributed by atoms with Crippen LogP contribution >= 0.6 is 11.3 Å². The van der Waals surface area contributed by atoms with Gasteiger partial charge in [0.15, 0.2) is 0 Å². The number of nitrogens with one attached hydrogen (secondary N) is 1. The molecular weight excluding hydrogens is 240 g/mol. The fraction of sp³-hybridized carbons (Fsp3) is 0.0667. The minimum Gasteiger partial charge on any atom is -0.304 e. The molecule has 3 aromatic rings. The van der Waals surface area contributed by atoms with Crippen LogP contribution in [0.2, 0.25) is 0 Å². The molecule has 0 fully saturated rings. The fourth-order valence-electron chi connectivity index (χ4n) is 1.89. The van der Waals surface area contributed by atoms with Crippen LogP contribution in [-0.2, 0) is 6.42 Å². The smallest absolute Gasteiger partial charge is 0.0998 e. The van der Waals surface area contributed by atoms with Gasteiger partial charge in [0.25, 0.3) is 0 Å². The second-order valence-corrected chi connectivity index (χ2v) is 5.21. The molecule has 3 heteroatoms. The number of rotatable bonds is 3. The highest BCUT2D eigenvalue weighted by molar-refractivity contribution is 7.18. The minimum atomic E-state index is 0.601. The number of thiazole rings is 1. The Balaban J connectivity index is 1.86.